The average Bonchev–Trinajstić information content (AvgIpc) is 2.45. The lowest BCUT2D eigenvalue weighted by Crippen LogP contribution is -2.42. The minimum absolute atomic E-state index is 0.0685. The molecule has 114 valence electrons. The van der Waals surface area contributed by atoms with Crippen LogP contribution in [0.5, 0.6) is 11.5 Å². The SMILES string of the molecule is O=C(CN1CCOCC1)N/N=C/c1cc(Br)c(O)cc1O. The number of nitrogens with one attached hydrogen (secondary N) is 1. The lowest BCUT2D eigenvalue weighted by molar-refractivity contribution is -0.123. The molecule has 21 heavy (non-hydrogen) atoms. The van der Waals surface area contributed by atoms with E-state index < -0.39 is 0 Å². The number of phenolic OH excluding ortho intramolecular Hbond substituents is 2. The van der Waals surface area contributed by atoms with Crippen LogP contribution < -0.4 is 5.43 Å². The summed E-state index contributed by atoms with van der Waals surface area (Å²) >= 11 is 3.14. The fourth-order valence-electron chi connectivity index (χ4n) is 1.84. The van der Waals surface area contributed by atoms with Crippen LogP contribution in [0.4, 0.5) is 0 Å². The van der Waals surface area contributed by atoms with Gasteiger partial charge in [-0.2, -0.15) is 5.10 Å². The maximum atomic E-state index is 11.7. The molecule has 1 amide bonds. The number of nitrogens with zero attached hydrogens (tertiary/aromatic N) is 2. The van der Waals surface area contributed by atoms with E-state index in [1.807, 2.05) is 4.90 Å². The normalized spacial score (nSPS) is 16.2. The van der Waals surface area contributed by atoms with Crippen LogP contribution in [0.2, 0.25) is 0 Å². The highest BCUT2D eigenvalue weighted by atomic mass is 79.9. The Balaban J connectivity index is 1.87. The molecule has 0 bridgehead atoms. The summed E-state index contributed by atoms with van der Waals surface area (Å²) < 4.78 is 5.63. The lowest BCUT2D eigenvalue weighted by Gasteiger charge is -2.25. The summed E-state index contributed by atoms with van der Waals surface area (Å²) in [6.07, 6.45) is 1.32. The van der Waals surface area contributed by atoms with E-state index >= 15 is 0 Å². The van der Waals surface area contributed by atoms with Crippen LogP contribution in [0.25, 0.3) is 0 Å². The Morgan fingerprint density at radius 1 is 1.38 bits per heavy atom. The maximum Gasteiger partial charge on any atom is 0.254 e. The van der Waals surface area contributed by atoms with Gasteiger partial charge >= 0.3 is 0 Å². The third kappa shape index (κ3) is 4.69. The number of hydrazone groups is 1. The number of aromatic hydroxyl groups is 2. The van der Waals surface area contributed by atoms with Crippen molar-refractivity contribution in [2.45, 2.75) is 0 Å². The molecule has 1 heterocycles. The lowest BCUT2D eigenvalue weighted by atomic mass is 10.2. The fraction of sp³-hybridized carbons (Fsp3) is 0.385. The molecule has 0 saturated carbocycles. The van der Waals surface area contributed by atoms with Gasteiger partial charge in [-0.1, -0.05) is 0 Å². The van der Waals surface area contributed by atoms with Crippen molar-refractivity contribution in [1.82, 2.24) is 10.3 Å². The molecule has 1 aromatic rings. The molecule has 1 aliphatic rings. The van der Waals surface area contributed by atoms with E-state index in [0.717, 1.165) is 13.1 Å². The van der Waals surface area contributed by atoms with E-state index in [4.69, 9.17) is 4.74 Å². The summed E-state index contributed by atoms with van der Waals surface area (Å²) in [6.45, 7) is 2.97. The van der Waals surface area contributed by atoms with Gasteiger partial charge < -0.3 is 14.9 Å². The van der Waals surface area contributed by atoms with E-state index in [-0.39, 0.29) is 24.0 Å². The molecule has 0 atom stereocenters. The highest BCUT2D eigenvalue weighted by Crippen LogP contribution is 2.30. The Labute approximate surface area is 130 Å². The number of carbonyl (C=O) groups is 1. The van der Waals surface area contributed by atoms with Gasteiger partial charge in [0.15, 0.2) is 0 Å². The summed E-state index contributed by atoms with van der Waals surface area (Å²) in [5.74, 6) is -0.423. The Hall–Kier alpha value is -1.64. The first-order valence-corrected chi connectivity index (χ1v) is 7.19. The molecule has 1 aliphatic heterocycles. The van der Waals surface area contributed by atoms with Crippen molar-refractivity contribution in [3.8, 4) is 11.5 Å². The highest BCUT2D eigenvalue weighted by Gasteiger charge is 2.13. The zero-order valence-electron chi connectivity index (χ0n) is 11.3. The molecule has 2 rings (SSSR count). The number of amides is 1. The maximum absolute atomic E-state index is 11.7. The van der Waals surface area contributed by atoms with Crippen molar-refractivity contribution in [1.29, 1.82) is 0 Å². The van der Waals surface area contributed by atoms with Crippen molar-refractivity contribution in [3.05, 3.63) is 22.2 Å². The van der Waals surface area contributed by atoms with E-state index in [1.165, 1.54) is 18.3 Å². The standard InChI is InChI=1S/C13H16BrN3O4/c14-10-5-9(11(18)6-12(10)19)7-15-16-13(20)8-17-1-3-21-4-2-17/h5-7,18-19H,1-4,8H2,(H,16,20)/b15-7+. The van der Waals surface area contributed by atoms with Gasteiger partial charge in [0.2, 0.25) is 0 Å². The highest BCUT2D eigenvalue weighted by molar-refractivity contribution is 9.10. The van der Waals surface area contributed by atoms with Crippen LogP contribution in [-0.2, 0) is 9.53 Å². The molecule has 1 fully saturated rings. The van der Waals surface area contributed by atoms with E-state index in [2.05, 4.69) is 26.5 Å². The van der Waals surface area contributed by atoms with Crippen LogP contribution in [0.3, 0.4) is 0 Å². The summed E-state index contributed by atoms with van der Waals surface area (Å²) in [5, 5.41) is 22.8. The Kier molecular flexibility index (Phi) is 5.54. The summed E-state index contributed by atoms with van der Waals surface area (Å²) in [7, 11) is 0. The predicted octanol–water partition coefficient (Wildman–Crippen LogP) is 0.643. The zero-order valence-corrected chi connectivity index (χ0v) is 12.8. The van der Waals surface area contributed by atoms with E-state index in [0.29, 0.717) is 23.2 Å². The van der Waals surface area contributed by atoms with Crippen molar-refractivity contribution >= 4 is 28.1 Å². The minimum atomic E-state index is -0.231. The number of hydrogen-bond donors (Lipinski definition) is 3. The molecule has 7 nitrogen and oxygen atoms in total. The van der Waals surface area contributed by atoms with Crippen LogP contribution >= 0.6 is 15.9 Å². The Bertz CT molecular complexity index is 544. The third-order valence-electron chi connectivity index (χ3n) is 2.96. The molecule has 0 aromatic heterocycles. The average molecular weight is 358 g/mol. The second kappa shape index (κ2) is 7.39. The van der Waals surface area contributed by atoms with Gasteiger partial charge in [0.05, 0.1) is 30.4 Å². The van der Waals surface area contributed by atoms with E-state index in [1.54, 1.807) is 0 Å². The zero-order chi connectivity index (χ0) is 15.2. The number of morpholine rings is 1. The van der Waals surface area contributed by atoms with Gasteiger partial charge in [0.25, 0.3) is 5.91 Å². The van der Waals surface area contributed by atoms with Gasteiger partial charge in [0.1, 0.15) is 11.5 Å². The van der Waals surface area contributed by atoms with Crippen molar-refractivity contribution in [2.75, 3.05) is 32.8 Å². The summed E-state index contributed by atoms with van der Waals surface area (Å²) in [6, 6.07) is 2.70. The second-order valence-corrected chi connectivity index (χ2v) is 5.40. The molecular formula is C13H16BrN3O4. The smallest absolute Gasteiger partial charge is 0.254 e. The number of benzene rings is 1. The van der Waals surface area contributed by atoms with Gasteiger partial charge in [-0.15, -0.1) is 0 Å². The molecule has 0 aliphatic carbocycles. The third-order valence-corrected chi connectivity index (χ3v) is 3.60. The number of halogens is 1. The molecule has 3 N–H and O–H groups in total. The first-order chi connectivity index (χ1) is 10.1. The number of rotatable bonds is 4. The van der Waals surface area contributed by atoms with Crippen LogP contribution in [0.1, 0.15) is 5.56 Å². The first-order valence-electron chi connectivity index (χ1n) is 6.40. The Morgan fingerprint density at radius 2 is 2.10 bits per heavy atom. The molecule has 0 spiro atoms. The molecular weight excluding hydrogens is 342 g/mol. The molecule has 1 saturated heterocycles. The molecule has 0 radical (unpaired) electrons. The fourth-order valence-corrected chi connectivity index (χ4v) is 2.20. The largest absolute Gasteiger partial charge is 0.507 e. The van der Waals surface area contributed by atoms with E-state index in [9.17, 15) is 15.0 Å². The minimum Gasteiger partial charge on any atom is -0.507 e. The van der Waals surface area contributed by atoms with Gasteiger partial charge in [-0.05, 0) is 22.0 Å². The monoisotopic (exact) mass is 357 g/mol. The van der Waals surface area contributed by atoms with Gasteiger partial charge in [-0.3, -0.25) is 9.69 Å². The number of ether oxygens (including phenoxy) is 1. The predicted molar refractivity (Wildman–Crippen MR) is 80.5 cm³/mol. The number of phenols is 2. The molecule has 1 aromatic carbocycles. The molecule has 8 heteroatoms. The quantitative estimate of drug-likeness (QED) is 0.543. The van der Waals surface area contributed by atoms with Crippen molar-refractivity contribution in [2.24, 2.45) is 5.10 Å². The Morgan fingerprint density at radius 3 is 2.81 bits per heavy atom. The topological polar surface area (TPSA) is 94.4 Å². The van der Waals surface area contributed by atoms with Crippen molar-refractivity contribution < 1.29 is 19.7 Å². The van der Waals surface area contributed by atoms with Crippen LogP contribution in [0, 0.1) is 0 Å². The van der Waals surface area contributed by atoms with Gasteiger partial charge in [0, 0.05) is 24.7 Å². The summed E-state index contributed by atoms with van der Waals surface area (Å²) in [4.78, 5) is 13.7. The van der Waals surface area contributed by atoms with Crippen LogP contribution in [0.15, 0.2) is 21.7 Å². The molecule has 0 unspecified atom stereocenters. The number of hydrogen-bond acceptors (Lipinski definition) is 6. The second-order valence-electron chi connectivity index (χ2n) is 4.54. The number of carbonyl (C=O) groups excluding carboxylic acids is 1. The van der Waals surface area contributed by atoms with Gasteiger partial charge in [-0.25, -0.2) is 5.43 Å². The van der Waals surface area contributed by atoms with Crippen LogP contribution in [-0.4, -0.2) is 60.1 Å². The summed E-state index contributed by atoms with van der Waals surface area (Å²) in [5.41, 5.74) is 2.78. The van der Waals surface area contributed by atoms with Crippen molar-refractivity contribution in [3.63, 3.8) is 0 Å². The first kappa shape index (κ1) is 15.7.